The number of nitriles is 1. The first-order valence-electron chi connectivity index (χ1n) is 10.6. The Labute approximate surface area is 195 Å². The SMILES string of the molecule is Cc1ccc(Nc2ccc3ncn(-c4ccc(C(C)O)c(-n5cc(C)c(C#N)n5)n4)c3c2)nn1. The molecule has 4 heterocycles. The lowest BCUT2D eigenvalue weighted by atomic mass is 10.1. The van der Waals surface area contributed by atoms with Crippen molar-refractivity contribution in [3.63, 3.8) is 0 Å². The van der Waals surface area contributed by atoms with Crippen LogP contribution in [0.25, 0.3) is 22.7 Å². The summed E-state index contributed by atoms with van der Waals surface area (Å²) in [5, 5.41) is 35.4. The first kappa shape index (κ1) is 21.2. The van der Waals surface area contributed by atoms with Crippen LogP contribution >= 0.6 is 0 Å². The molecule has 10 nitrogen and oxygen atoms in total. The van der Waals surface area contributed by atoms with E-state index in [1.54, 1.807) is 25.5 Å². The molecule has 0 aliphatic heterocycles. The number of aliphatic hydroxyl groups is 1. The van der Waals surface area contributed by atoms with E-state index in [1.165, 1.54) is 4.68 Å². The Bertz CT molecular complexity index is 1540. The van der Waals surface area contributed by atoms with Crippen molar-refractivity contribution >= 4 is 22.5 Å². The van der Waals surface area contributed by atoms with Crippen molar-refractivity contribution in [2.24, 2.45) is 0 Å². The fourth-order valence-corrected chi connectivity index (χ4v) is 3.65. The van der Waals surface area contributed by atoms with Gasteiger partial charge in [-0.1, -0.05) is 0 Å². The molecule has 0 fully saturated rings. The van der Waals surface area contributed by atoms with Crippen LogP contribution in [0.15, 0.2) is 55.0 Å². The van der Waals surface area contributed by atoms with E-state index in [0.29, 0.717) is 28.7 Å². The number of aryl methyl sites for hydroxylation is 2. The minimum atomic E-state index is -0.766. The van der Waals surface area contributed by atoms with Gasteiger partial charge in [-0.2, -0.15) is 15.5 Å². The molecule has 5 aromatic rings. The van der Waals surface area contributed by atoms with E-state index in [-0.39, 0.29) is 0 Å². The molecular formula is C24H21N9O. The molecule has 0 saturated heterocycles. The van der Waals surface area contributed by atoms with E-state index >= 15 is 0 Å². The van der Waals surface area contributed by atoms with Gasteiger partial charge in [-0.05, 0) is 63.2 Å². The average Bonchev–Trinajstić information content (AvgIpc) is 3.43. The fraction of sp³-hybridized carbons (Fsp3) is 0.167. The second-order valence-electron chi connectivity index (χ2n) is 7.98. The van der Waals surface area contributed by atoms with Crippen molar-refractivity contribution in [2.45, 2.75) is 26.9 Å². The van der Waals surface area contributed by atoms with Gasteiger partial charge in [0, 0.05) is 23.0 Å². The molecule has 34 heavy (non-hydrogen) atoms. The highest BCUT2D eigenvalue weighted by Gasteiger charge is 2.17. The smallest absolute Gasteiger partial charge is 0.165 e. The van der Waals surface area contributed by atoms with Crippen LogP contribution in [0.5, 0.6) is 0 Å². The van der Waals surface area contributed by atoms with Gasteiger partial charge in [0.1, 0.15) is 18.2 Å². The molecule has 1 atom stereocenters. The predicted molar refractivity (Wildman–Crippen MR) is 126 cm³/mol. The number of nitrogens with zero attached hydrogens (tertiary/aromatic N) is 8. The third-order valence-corrected chi connectivity index (χ3v) is 5.43. The highest BCUT2D eigenvalue weighted by atomic mass is 16.3. The van der Waals surface area contributed by atoms with E-state index in [9.17, 15) is 10.4 Å². The number of aromatic nitrogens is 7. The number of rotatable bonds is 5. The molecule has 0 saturated carbocycles. The molecular weight excluding hydrogens is 430 g/mol. The Balaban J connectivity index is 1.59. The van der Waals surface area contributed by atoms with Gasteiger partial charge in [0.2, 0.25) is 0 Å². The van der Waals surface area contributed by atoms with Gasteiger partial charge in [-0.25, -0.2) is 14.6 Å². The van der Waals surface area contributed by atoms with Gasteiger partial charge < -0.3 is 10.4 Å². The molecule has 0 aliphatic rings. The lowest BCUT2D eigenvalue weighted by molar-refractivity contribution is 0.198. The third-order valence-electron chi connectivity index (χ3n) is 5.43. The van der Waals surface area contributed by atoms with Crippen LogP contribution in [-0.2, 0) is 0 Å². The summed E-state index contributed by atoms with van der Waals surface area (Å²) in [4.78, 5) is 9.28. The van der Waals surface area contributed by atoms with Crippen molar-refractivity contribution < 1.29 is 5.11 Å². The zero-order chi connectivity index (χ0) is 23.8. The number of anilines is 2. The van der Waals surface area contributed by atoms with Gasteiger partial charge >= 0.3 is 0 Å². The molecule has 0 spiro atoms. The Morgan fingerprint density at radius 3 is 2.65 bits per heavy atom. The van der Waals surface area contributed by atoms with Crippen molar-refractivity contribution in [1.82, 2.24) is 34.5 Å². The Kier molecular flexibility index (Phi) is 5.24. The third kappa shape index (κ3) is 3.85. The topological polar surface area (TPSA) is 130 Å². The van der Waals surface area contributed by atoms with E-state index in [1.807, 2.05) is 54.8 Å². The second-order valence-corrected chi connectivity index (χ2v) is 7.98. The van der Waals surface area contributed by atoms with Gasteiger partial charge in [0.15, 0.2) is 17.3 Å². The maximum atomic E-state index is 10.3. The summed E-state index contributed by atoms with van der Waals surface area (Å²) in [7, 11) is 0. The minimum Gasteiger partial charge on any atom is -0.389 e. The lowest BCUT2D eigenvalue weighted by Gasteiger charge is -2.14. The van der Waals surface area contributed by atoms with Gasteiger partial charge in [0.05, 0.1) is 22.8 Å². The average molecular weight is 451 g/mol. The first-order chi connectivity index (χ1) is 16.4. The molecule has 1 aromatic carbocycles. The Morgan fingerprint density at radius 1 is 1.09 bits per heavy atom. The quantitative estimate of drug-likeness (QED) is 0.414. The summed E-state index contributed by atoms with van der Waals surface area (Å²) in [5.74, 6) is 1.68. The molecule has 0 amide bonds. The summed E-state index contributed by atoms with van der Waals surface area (Å²) in [6.07, 6.45) is 2.66. The number of nitrogens with one attached hydrogen (secondary N) is 1. The minimum absolute atomic E-state index is 0.312. The highest BCUT2D eigenvalue weighted by molar-refractivity contribution is 5.82. The highest BCUT2D eigenvalue weighted by Crippen LogP contribution is 2.26. The summed E-state index contributed by atoms with van der Waals surface area (Å²) in [6.45, 7) is 5.36. The van der Waals surface area contributed by atoms with Crippen LogP contribution in [0.4, 0.5) is 11.5 Å². The summed E-state index contributed by atoms with van der Waals surface area (Å²) in [5.41, 5.74) is 4.94. The largest absolute Gasteiger partial charge is 0.389 e. The van der Waals surface area contributed by atoms with Gasteiger partial charge in [0.25, 0.3) is 0 Å². The van der Waals surface area contributed by atoms with Gasteiger partial charge in [-0.3, -0.25) is 4.57 Å². The zero-order valence-electron chi connectivity index (χ0n) is 18.8. The number of pyridine rings is 1. The summed E-state index contributed by atoms with van der Waals surface area (Å²) < 4.78 is 3.39. The molecule has 2 N–H and O–H groups in total. The predicted octanol–water partition coefficient (Wildman–Crippen LogP) is 3.68. The van der Waals surface area contributed by atoms with Crippen LogP contribution in [0, 0.1) is 25.2 Å². The van der Waals surface area contributed by atoms with E-state index in [2.05, 4.69) is 31.7 Å². The number of fused-ring (bicyclic) bond motifs is 1. The number of hydrogen-bond donors (Lipinski definition) is 2. The number of aliphatic hydroxyl groups excluding tert-OH is 1. The summed E-state index contributed by atoms with van der Waals surface area (Å²) >= 11 is 0. The van der Waals surface area contributed by atoms with Crippen LogP contribution in [0.1, 0.15) is 35.5 Å². The normalized spacial score (nSPS) is 12.0. The molecule has 10 heteroatoms. The second kappa shape index (κ2) is 8.38. The molecule has 5 rings (SSSR count). The Hall–Kier alpha value is -4.62. The first-order valence-corrected chi connectivity index (χ1v) is 10.6. The molecule has 0 aliphatic carbocycles. The van der Waals surface area contributed by atoms with E-state index in [0.717, 1.165) is 28.0 Å². The van der Waals surface area contributed by atoms with E-state index < -0.39 is 6.10 Å². The standard InChI is InChI=1S/C24H21N9O/c1-14-12-33(31-20(14)11-25)24-18(16(3)34)6-9-23(28-24)32-13-26-19-7-5-17(10-21(19)32)27-22-8-4-15(2)29-30-22/h4-10,12-13,16,34H,1-3H3,(H,27,30). The van der Waals surface area contributed by atoms with E-state index in [4.69, 9.17) is 4.98 Å². The van der Waals surface area contributed by atoms with Crippen molar-refractivity contribution in [3.05, 3.63) is 77.5 Å². The fourth-order valence-electron chi connectivity index (χ4n) is 3.65. The summed E-state index contributed by atoms with van der Waals surface area (Å²) in [6, 6.07) is 15.3. The zero-order valence-corrected chi connectivity index (χ0v) is 18.8. The number of imidazole rings is 1. The lowest BCUT2D eigenvalue weighted by Crippen LogP contribution is -2.09. The van der Waals surface area contributed by atoms with Crippen LogP contribution in [0.3, 0.4) is 0 Å². The van der Waals surface area contributed by atoms with Crippen molar-refractivity contribution in [1.29, 1.82) is 5.26 Å². The van der Waals surface area contributed by atoms with Crippen LogP contribution in [0.2, 0.25) is 0 Å². The Morgan fingerprint density at radius 2 is 1.94 bits per heavy atom. The monoisotopic (exact) mass is 451 g/mol. The maximum Gasteiger partial charge on any atom is 0.165 e. The molecule has 1 unspecified atom stereocenters. The molecule has 0 bridgehead atoms. The maximum absolute atomic E-state index is 10.3. The van der Waals surface area contributed by atoms with Crippen LogP contribution < -0.4 is 5.32 Å². The number of benzene rings is 1. The number of hydrogen-bond acceptors (Lipinski definition) is 8. The van der Waals surface area contributed by atoms with Gasteiger partial charge in [-0.15, -0.1) is 5.10 Å². The van der Waals surface area contributed by atoms with Crippen molar-refractivity contribution in [3.8, 4) is 17.7 Å². The van der Waals surface area contributed by atoms with Crippen molar-refractivity contribution in [2.75, 3.05) is 5.32 Å². The van der Waals surface area contributed by atoms with Crippen LogP contribution in [-0.4, -0.2) is 39.6 Å². The molecule has 0 radical (unpaired) electrons. The molecule has 4 aromatic heterocycles. The molecule has 168 valence electrons.